The second-order valence-corrected chi connectivity index (χ2v) is 8.76. The molecule has 0 unspecified atom stereocenters. The highest BCUT2D eigenvalue weighted by Crippen LogP contribution is 2.11. The predicted molar refractivity (Wildman–Crippen MR) is 123 cm³/mol. The van der Waals surface area contributed by atoms with Gasteiger partial charge in [-0.2, -0.15) is 0 Å². The molecule has 0 aromatic heterocycles. The Kier molecular flexibility index (Phi) is 12.1. The van der Waals surface area contributed by atoms with E-state index in [2.05, 4.69) is 16.0 Å². The van der Waals surface area contributed by atoms with E-state index in [1.807, 2.05) is 34.6 Å². The zero-order chi connectivity index (χ0) is 24.1. The van der Waals surface area contributed by atoms with Gasteiger partial charge < -0.3 is 25.5 Å². The van der Waals surface area contributed by atoms with E-state index in [9.17, 15) is 19.2 Å². The molecule has 0 fully saturated rings. The van der Waals surface area contributed by atoms with Crippen LogP contribution in [0.15, 0.2) is 30.3 Å². The van der Waals surface area contributed by atoms with Crippen LogP contribution >= 0.6 is 0 Å². The largest absolute Gasteiger partial charge is 0.413 e. The Labute approximate surface area is 190 Å². The van der Waals surface area contributed by atoms with Gasteiger partial charge >= 0.3 is 6.09 Å². The van der Waals surface area contributed by atoms with Gasteiger partial charge in [-0.05, 0) is 43.2 Å². The number of hydrogen-bond acceptors (Lipinski definition) is 5. The summed E-state index contributed by atoms with van der Waals surface area (Å²) in [6, 6.07) is 6.27. The summed E-state index contributed by atoms with van der Waals surface area (Å²) in [7, 11) is 0. The molecule has 0 spiro atoms. The molecule has 0 aliphatic rings. The number of amides is 3. The maximum absolute atomic E-state index is 13.0. The maximum Gasteiger partial charge on any atom is 0.413 e. The van der Waals surface area contributed by atoms with Crippen LogP contribution < -0.4 is 20.7 Å². The molecule has 8 heteroatoms. The fourth-order valence-corrected chi connectivity index (χ4v) is 3.21. The summed E-state index contributed by atoms with van der Waals surface area (Å²) in [5.41, 5.74) is 0. The van der Waals surface area contributed by atoms with Gasteiger partial charge in [-0.15, -0.1) is 0 Å². The molecule has 3 N–H and O–H groups in total. The molecule has 0 heterocycles. The number of nitrogens with one attached hydrogen (secondary N) is 3. The average Bonchev–Trinajstić information content (AvgIpc) is 2.72. The van der Waals surface area contributed by atoms with Crippen molar-refractivity contribution in [2.75, 3.05) is 0 Å². The number of aldehydes is 1. The Hall–Kier alpha value is -2.90. The molecule has 32 heavy (non-hydrogen) atoms. The normalized spacial score (nSPS) is 13.7. The van der Waals surface area contributed by atoms with Crippen LogP contribution in [0.3, 0.4) is 0 Å². The summed E-state index contributed by atoms with van der Waals surface area (Å²) in [4.78, 5) is 49.3. The minimum atomic E-state index is -0.869. The van der Waals surface area contributed by atoms with E-state index in [4.69, 9.17) is 4.74 Å². The molecule has 1 aromatic carbocycles. The molecule has 1 rings (SSSR count). The monoisotopic (exact) mass is 447 g/mol. The highest BCUT2D eigenvalue weighted by Gasteiger charge is 2.29. The van der Waals surface area contributed by atoms with E-state index in [1.54, 1.807) is 30.3 Å². The first kappa shape index (κ1) is 27.1. The van der Waals surface area contributed by atoms with Crippen molar-refractivity contribution in [3.05, 3.63) is 30.3 Å². The maximum atomic E-state index is 13.0. The first-order chi connectivity index (χ1) is 15.2. The third-order valence-corrected chi connectivity index (χ3v) is 4.70. The van der Waals surface area contributed by atoms with Crippen LogP contribution in [0.5, 0.6) is 5.75 Å². The Morgan fingerprint density at radius 1 is 0.875 bits per heavy atom. The van der Waals surface area contributed by atoms with E-state index < -0.39 is 36.0 Å². The average molecular weight is 448 g/mol. The van der Waals surface area contributed by atoms with Crippen molar-refractivity contribution in [3.8, 4) is 5.75 Å². The van der Waals surface area contributed by atoms with E-state index in [1.165, 1.54) is 0 Å². The van der Waals surface area contributed by atoms with Gasteiger partial charge in [0.05, 0.1) is 6.04 Å². The summed E-state index contributed by atoms with van der Waals surface area (Å²) in [5, 5.41) is 8.06. The van der Waals surface area contributed by atoms with Crippen LogP contribution in [-0.2, 0) is 14.4 Å². The smallest absolute Gasteiger partial charge is 0.410 e. The summed E-state index contributed by atoms with van der Waals surface area (Å²) in [5.74, 6) is -0.271. The quantitative estimate of drug-likeness (QED) is 0.402. The zero-order valence-corrected chi connectivity index (χ0v) is 19.7. The number of carbonyl (C=O) groups excluding carboxylic acids is 4. The Balaban J connectivity index is 2.88. The summed E-state index contributed by atoms with van der Waals surface area (Å²) in [6.07, 6.45) is 2.01. The molecular formula is C24H37N3O5. The lowest BCUT2D eigenvalue weighted by atomic mass is 10.00. The molecule has 0 saturated carbocycles. The Morgan fingerprint density at radius 3 is 1.91 bits per heavy atom. The van der Waals surface area contributed by atoms with Gasteiger partial charge in [0.1, 0.15) is 24.1 Å². The molecule has 0 saturated heterocycles. The van der Waals surface area contributed by atoms with Crippen molar-refractivity contribution in [1.29, 1.82) is 0 Å². The SMILES string of the molecule is CCC[C@@H](C=O)NC(=O)[C@H](CC(C)C)NC(=O)[C@H](CC(C)C)NC(=O)Oc1ccccc1. The number of hydrogen-bond donors (Lipinski definition) is 3. The van der Waals surface area contributed by atoms with E-state index in [0.717, 1.165) is 6.42 Å². The second kappa shape index (κ2) is 14.2. The number of benzene rings is 1. The highest BCUT2D eigenvalue weighted by molar-refractivity contribution is 5.92. The molecule has 0 aliphatic carbocycles. The van der Waals surface area contributed by atoms with Gasteiger partial charge in [0, 0.05) is 0 Å². The molecule has 1 aromatic rings. The standard InChI is InChI=1S/C24H37N3O5/c1-6-10-18(15-28)25-22(29)20(13-16(2)3)26-23(30)21(14-17(4)5)27-24(31)32-19-11-8-7-9-12-19/h7-9,11-12,15-18,20-21H,6,10,13-14H2,1-5H3,(H,25,29)(H,26,30)(H,27,31)/t18-,20-,21-/m0/s1. The fourth-order valence-electron chi connectivity index (χ4n) is 3.21. The number of ether oxygens (including phenoxy) is 1. The molecule has 0 aliphatic heterocycles. The van der Waals surface area contributed by atoms with Crippen molar-refractivity contribution < 1.29 is 23.9 Å². The second-order valence-electron chi connectivity index (χ2n) is 8.76. The van der Waals surface area contributed by atoms with Crippen LogP contribution in [0.4, 0.5) is 4.79 Å². The van der Waals surface area contributed by atoms with Gasteiger partial charge in [-0.25, -0.2) is 4.79 Å². The van der Waals surface area contributed by atoms with E-state index in [-0.39, 0.29) is 11.8 Å². The van der Waals surface area contributed by atoms with Gasteiger partial charge in [-0.3, -0.25) is 9.59 Å². The predicted octanol–water partition coefficient (Wildman–Crippen LogP) is 3.20. The lowest BCUT2D eigenvalue weighted by Gasteiger charge is -2.25. The highest BCUT2D eigenvalue weighted by atomic mass is 16.6. The number of rotatable bonds is 13. The summed E-state index contributed by atoms with van der Waals surface area (Å²) < 4.78 is 5.24. The minimum absolute atomic E-state index is 0.115. The first-order valence-electron chi connectivity index (χ1n) is 11.3. The Bertz CT molecular complexity index is 736. The molecule has 0 bridgehead atoms. The number of carbonyl (C=O) groups is 4. The fraction of sp³-hybridized carbons (Fsp3) is 0.583. The van der Waals surface area contributed by atoms with Crippen LogP contribution in [0.1, 0.15) is 60.3 Å². The summed E-state index contributed by atoms with van der Waals surface area (Å²) >= 11 is 0. The topological polar surface area (TPSA) is 114 Å². The number of para-hydroxylation sites is 1. The van der Waals surface area contributed by atoms with E-state index in [0.29, 0.717) is 31.3 Å². The summed E-state index contributed by atoms with van der Waals surface area (Å²) in [6.45, 7) is 9.67. The molecular weight excluding hydrogens is 410 g/mol. The lowest BCUT2D eigenvalue weighted by molar-refractivity contribution is -0.131. The first-order valence-corrected chi connectivity index (χ1v) is 11.3. The molecule has 3 amide bonds. The molecule has 3 atom stereocenters. The van der Waals surface area contributed by atoms with Crippen molar-refractivity contribution >= 4 is 24.2 Å². The molecule has 8 nitrogen and oxygen atoms in total. The van der Waals surface area contributed by atoms with Crippen molar-refractivity contribution in [2.24, 2.45) is 11.8 Å². The zero-order valence-electron chi connectivity index (χ0n) is 19.7. The van der Waals surface area contributed by atoms with Gasteiger partial charge in [0.15, 0.2) is 0 Å². The van der Waals surface area contributed by atoms with Crippen molar-refractivity contribution in [1.82, 2.24) is 16.0 Å². The van der Waals surface area contributed by atoms with Crippen LogP contribution in [0.25, 0.3) is 0 Å². The lowest BCUT2D eigenvalue weighted by Crippen LogP contribution is -2.55. The van der Waals surface area contributed by atoms with Crippen LogP contribution in [0.2, 0.25) is 0 Å². The Morgan fingerprint density at radius 2 is 1.41 bits per heavy atom. The minimum Gasteiger partial charge on any atom is -0.410 e. The van der Waals surface area contributed by atoms with Crippen molar-refractivity contribution in [2.45, 2.75) is 78.4 Å². The van der Waals surface area contributed by atoms with Crippen molar-refractivity contribution in [3.63, 3.8) is 0 Å². The van der Waals surface area contributed by atoms with E-state index >= 15 is 0 Å². The van der Waals surface area contributed by atoms with Crippen LogP contribution in [0, 0.1) is 11.8 Å². The third-order valence-electron chi connectivity index (χ3n) is 4.70. The third kappa shape index (κ3) is 10.4. The van der Waals surface area contributed by atoms with Gasteiger partial charge in [-0.1, -0.05) is 59.2 Å². The van der Waals surface area contributed by atoms with Gasteiger partial charge in [0.2, 0.25) is 11.8 Å². The van der Waals surface area contributed by atoms with Crippen LogP contribution in [-0.4, -0.2) is 42.3 Å². The molecule has 0 radical (unpaired) electrons. The van der Waals surface area contributed by atoms with Gasteiger partial charge in [0.25, 0.3) is 0 Å². The molecule has 178 valence electrons.